The van der Waals surface area contributed by atoms with Crippen molar-refractivity contribution in [1.82, 2.24) is 15.1 Å². The molecule has 0 fully saturated rings. The molecule has 2 aromatic rings. The highest BCUT2D eigenvalue weighted by atomic mass is 79.9. The van der Waals surface area contributed by atoms with Crippen LogP contribution in [0.3, 0.4) is 0 Å². The van der Waals surface area contributed by atoms with E-state index in [1.807, 2.05) is 16.8 Å². The number of nitrogens with zero attached hydrogens (tertiary/aromatic N) is 2. The van der Waals surface area contributed by atoms with Gasteiger partial charge in [0.05, 0.1) is 19.3 Å². The average molecular weight is 338 g/mol. The van der Waals surface area contributed by atoms with Crippen molar-refractivity contribution in [2.24, 2.45) is 0 Å². The van der Waals surface area contributed by atoms with Gasteiger partial charge in [0.25, 0.3) is 0 Å². The highest BCUT2D eigenvalue weighted by Crippen LogP contribution is 2.33. The molecule has 0 aliphatic heterocycles. The first-order chi connectivity index (χ1) is 9.72. The van der Waals surface area contributed by atoms with Crippen LogP contribution >= 0.6 is 15.9 Å². The Hall–Kier alpha value is -1.33. The summed E-state index contributed by atoms with van der Waals surface area (Å²) < 4.78 is 8.54. The van der Waals surface area contributed by atoms with Crippen molar-refractivity contribution in [3.8, 4) is 5.75 Å². The molecule has 0 bridgehead atoms. The van der Waals surface area contributed by atoms with E-state index < -0.39 is 0 Å². The van der Waals surface area contributed by atoms with Crippen LogP contribution in [0.2, 0.25) is 0 Å². The standard InChI is InChI=1S/C15H20BrN3O/c1-4-17-14(11-8-6-7-9-12(11)16)15-13(20-3)10-18-19(15)5-2/h6-10,14,17H,4-5H2,1-3H3. The van der Waals surface area contributed by atoms with E-state index in [4.69, 9.17) is 4.74 Å². The van der Waals surface area contributed by atoms with Crippen molar-refractivity contribution in [3.63, 3.8) is 0 Å². The Labute approximate surface area is 128 Å². The molecule has 1 heterocycles. The average Bonchev–Trinajstić information content (AvgIpc) is 2.88. The lowest BCUT2D eigenvalue weighted by molar-refractivity contribution is 0.399. The van der Waals surface area contributed by atoms with Crippen LogP contribution in [0, 0.1) is 0 Å². The number of hydrogen-bond donors (Lipinski definition) is 1. The molecule has 0 spiro atoms. The molecule has 0 radical (unpaired) electrons. The first-order valence-electron chi connectivity index (χ1n) is 6.80. The highest BCUT2D eigenvalue weighted by molar-refractivity contribution is 9.10. The second-order valence-electron chi connectivity index (χ2n) is 4.43. The van der Waals surface area contributed by atoms with Gasteiger partial charge in [0.15, 0.2) is 5.75 Å². The van der Waals surface area contributed by atoms with Crippen molar-refractivity contribution >= 4 is 15.9 Å². The normalized spacial score (nSPS) is 12.4. The van der Waals surface area contributed by atoms with Crippen molar-refractivity contribution in [1.29, 1.82) is 0 Å². The van der Waals surface area contributed by atoms with Gasteiger partial charge in [-0.1, -0.05) is 41.1 Å². The fourth-order valence-corrected chi connectivity index (χ4v) is 2.86. The van der Waals surface area contributed by atoms with Gasteiger partial charge in [-0.2, -0.15) is 5.10 Å². The minimum Gasteiger partial charge on any atom is -0.493 e. The number of ether oxygens (including phenoxy) is 1. The summed E-state index contributed by atoms with van der Waals surface area (Å²) in [4.78, 5) is 0. The van der Waals surface area contributed by atoms with Gasteiger partial charge in [-0.05, 0) is 25.1 Å². The lowest BCUT2D eigenvalue weighted by atomic mass is 10.0. The number of halogens is 1. The lowest BCUT2D eigenvalue weighted by Crippen LogP contribution is -2.25. The van der Waals surface area contributed by atoms with E-state index in [1.165, 1.54) is 5.56 Å². The van der Waals surface area contributed by atoms with Gasteiger partial charge >= 0.3 is 0 Å². The zero-order valence-electron chi connectivity index (χ0n) is 12.1. The molecule has 108 valence electrons. The fourth-order valence-electron chi connectivity index (χ4n) is 2.35. The fraction of sp³-hybridized carbons (Fsp3) is 0.400. The molecule has 0 saturated heterocycles. The number of nitrogens with one attached hydrogen (secondary N) is 1. The SMILES string of the molecule is CCNC(c1ccccc1Br)c1c(OC)cnn1CC. The van der Waals surface area contributed by atoms with E-state index in [-0.39, 0.29) is 6.04 Å². The summed E-state index contributed by atoms with van der Waals surface area (Å²) in [5.41, 5.74) is 2.24. The predicted octanol–water partition coefficient (Wildman–Crippen LogP) is 3.37. The maximum absolute atomic E-state index is 5.48. The van der Waals surface area contributed by atoms with Crippen LogP contribution in [0.5, 0.6) is 5.75 Å². The third-order valence-corrected chi connectivity index (χ3v) is 3.98. The summed E-state index contributed by atoms with van der Waals surface area (Å²) in [6.07, 6.45) is 1.78. The van der Waals surface area contributed by atoms with E-state index in [1.54, 1.807) is 13.3 Å². The molecule has 1 atom stereocenters. The molecule has 4 nitrogen and oxygen atoms in total. The predicted molar refractivity (Wildman–Crippen MR) is 84.1 cm³/mol. The lowest BCUT2D eigenvalue weighted by Gasteiger charge is -2.21. The monoisotopic (exact) mass is 337 g/mol. The summed E-state index contributed by atoms with van der Waals surface area (Å²) in [5, 5.41) is 7.92. The maximum atomic E-state index is 5.48. The van der Waals surface area contributed by atoms with Gasteiger partial charge < -0.3 is 10.1 Å². The maximum Gasteiger partial charge on any atom is 0.161 e. The van der Waals surface area contributed by atoms with E-state index in [0.29, 0.717) is 0 Å². The first kappa shape index (κ1) is 15.1. The molecule has 20 heavy (non-hydrogen) atoms. The van der Waals surface area contributed by atoms with E-state index >= 15 is 0 Å². The van der Waals surface area contributed by atoms with Gasteiger partial charge in [0.1, 0.15) is 5.69 Å². The molecule has 0 aliphatic rings. The van der Waals surface area contributed by atoms with Crippen molar-refractivity contribution in [2.75, 3.05) is 13.7 Å². The van der Waals surface area contributed by atoms with Crippen LogP contribution in [-0.4, -0.2) is 23.4 Å². The van der Waals surface area contributed by atoms with Crippen LogP contribution in [-0.2, 0) is 6.54 Å². The Kier molecular flexibility index (Phi) is 5.20. The van der Waals surface area contributed by atoms with Crippen molar-refractivity contribution in [2.45, 2.75) is 26.4 Å². The number of benzene rings is 1. The topological polar surface area (TPSA) is 39.1 Å². The molecule has 2 rings (SSSR count). The van der Waals surface area contributed by atoms with Gasteiger partial charge in [-0.25, -0.2) is 0 Å². The molecule has 0 aliphatic carbocycles. The molecule has 0 saturated carbocycles. The molecular weight excluding hydrogens is 318 g/mol. The Bertz CT molecular complexity index is 546. The van der Waals surface area contributed by atoms with Crippen molar-refractivity contribution < 1.29 is 4.74 Å². The van der Waals surface area contributed by atoms with E-state index in [9.17, 15) is 0 Å². The van der Waals surface area contributed by atoms with Gasteiger partial charge in [-0.15, -0.1) is 0 Å². The Morgan fingerprint density at radius 2 is 2.10 bits per heavy atom. The number of methoxy groups -OCH3 is 1. The Morgan fingerprint density at radius 1 is 1.35 bits per heavy atom. The largest absolute Gasteiger partial charge is 0.493 e. The van der Waals surface area contributed by atoms with E-state index in [2.05, 4.69) is 52.3 Å². The quantitative estimate of drug-likeness (QED) is 0.878. The second-order valence-corrected chi connectivity index (χ2v) is 5.28. The third kappa shape index (κ3) is 2.88. The summed E-state index contributed by atoms with van der Waals surface area (Å²) in [6, 6.07) is 8.28. The van der Waals surface area contributed by atoms with E-state index in [0.717, 1.165) is 29.0 Å². The zero-order chi connectivity index (χ0) is 14.5. The highest BCUT2D eigenvalue weighted by Gasteiger charge is 2.23. The molecule has 1 aromatic heterocycles. The smallest absolute Gasteiger partial charge is 0.161 e. The summed E-state index contributed by atoms with van der Waals surface area (Å²) in [7, 11) is 1.68. The molecule has 1 N–H and O–H groups in total. The first-order valence-corrected chi connectivity index (χ1v) is 7.59. The number of rotatable bonds is 6. The molecular formula is C15H20BrN3O. The minimum atomic E-state index is 0.0491. The summed E-state index contributed by atoms with van der Waals surface area (Å²) in [5.74, 6) is 0.813. The molecule has 0 amide bonds. The Balaban J connectivity index is 2.54. The second kappa shape index (κ2) is 6.90. The zero-order valence-corrected chi connectivity index (χ0v) is 13.6. The van der Waals surface area contributed by atoms with Crippen LogP contribution in [0.4, 0.5) is 0 Å². The third-order valence-electron chi connectivity index (χ3n) is 3.26. The number of hydrogen-bond acceptors (Lipinski definition) is 3. The van der Waals surface area contributed by atoms with Crippen LogP contribution in [0.15, 0.2) is 34.9 Å². The number of aryl methyl sites for hydroxylation is 1. The summed E-state index contributed by atoms with van der Waals surface area (Å²) in [6.45, 7) is 5.86. The Morgan fingerprint density at radius 3 is 2.70 bits per heavy atom. The van der Waals surface area contributed by atoms with Crippen LogP contribution < -0.4 is 10.1 Å². The molecule has 1 unspecified atom stereocenters. The summed E-state index contributed by atoms with van der Waals surface area (Å²) >= 11 is 3.63. The molecule has 1 aromatic carbocycles. The minimum absolute atomic E-state index is 0.0491. The van der Waals surface area contributed by atoms with Crippen molar-refractivity contribution in [3.05, 3.63) is 46.2 Å². The number of aromatic nitrogens is 2. The van der Waals surface area contributed by atoms with Gasteiger partial charge in [0.2, 0.25) is 0 Å². The van der Waals surface area contributed by atoms with Crippen LogP contribution in [0.1, 0.15) is 31.1 Å². The molecule has 5 heteroatoms. The van der Waals surface area contributed by atoms with Crippen LogP contribution in [0.25, 0.3) is 0 Å². The van der Waals surface area contributed by atoms with Gasteiger partial charge in [-0.3, -0.25) is 4.68 Å². The van der Waals surface area contributed by atoms with Gasteiger partial charge in [0, 0.05) is 11.0 Å².